The van der Waals surface area contributed by atoms with E-state index in [2.05, 4.69) is 6.08 Å². The Labute approximate surface area is 123 Å². The van der Waals surface area contributed by atoms with E-state index in [1.165, 1.54) is 12.7 Å². The molecule has 0 aromatic rings. The Balaban J connectivity index is 1.86. The second-order valence-corrected chi connectivity index (χ2v) is 6.51. The fraction of sp³-hybridized carbons (Fsp3) is 0.812. The minimum Gasteiger partial charge on any atom is -0.373 e. The van der Waals surface area contributed by atoms with Crippen molar-refractivity contribution in [1.82, 2.24) is 0 Å². The Bertz CT molecular complexity index is 522. The van der Waals surface area contributed by atoms with Crippen molar-refractivity contribution in [1.29, 1.82) is 0 Å². The summed E-state index contributed by atoms with van der Waals surface area (Å²) in [6.45, 7) is 6.55. The van der Waals surface area contributed by atoms with Crippen LogP contribution in [-0.2, 0) is 19.0 Å². The van der Waals surface area contributed by atoms with E-state index < -0.39 is 29.5 Å². The first kappa shape index (κ1) is 11.9. The molecule has 3 rings (SSSR count). The van der Waals surface area contributed by atoms with Crippen molar-refractivity contribution in [3.05, 3.63) is 11.6 Å². The molecule has 5 atom stereocenters. The lowest BCUT2D eigenvalue weighted by Crippen LogP contribution is -2.52. The molecule has 1 aliphatic carbocycles. The van der Waals surface area contributed by atoms with Gasteiger partial charge in [0.1, 0.15) is 17.3 Å². The fourth-order valence-electron chi connectivity index (χ4n) is 3.49. The summed E-state index contributed by atoms with van der Waals surface area (Å²) in [7, 11) is 1.46. The highest BCUT2D eigenvalue weighted by molar-refractivity contribution is 5.85. The van der Waals surface area contributed by atoms with Crippen LogP contribution in [0.4, 0.5) is 0 Å². The average Bonchev–Trinajstić information content (AvgIpc) is 3.30. The van der Waals surface area contributed by atoms with Crippen LogP contribution in [0.5, 0.6) is 0 Å². The highest BCUT2D eigenvalue weighted by Gasteiger charge is 2.71. The zero-order valence-electron chi connectivity index (χ0n) is 14.6. The summed E-state index contributed by atoms with van der Waals surface area (Å²) in [6, 6.07) is 0. The van der Waals surface area contributed by atoms with Gasteiger partial charge in [0.2, 0.25) is 0 Å². The van der Waals surface area contributed by atoms with Crippen molar-refractivity contribution < 1.29 is 21.7 Å². The van der Waals surface area contributed by atoms with E-state index in [4.69, 9.17) is 17.0 Å². The van der Waals surface area contributed by atoms with Gasteiger partial charge in [0.05, 0.1) is 18.6 Å². The van der Waals surface area contributed by atoms with Crippen LogP contribution < -0.4 is 0 Å². The van der Waals surface area contributed by atoms with Crippen LogP contribution >= 0.6 is 0 Å². The van der Waals surface area contributed by atoms with Crippen molar-refractivity contribution in [3.63, 3.8) is 0 Å². The van der Waals surface area contributed by atoms with Crippen molar-refractivity contribution in [2.75, 3.05) is 13.7 Å². The van der Waals surface area contributed by atoms with Gasteiger partial charge in [-0.1, -0.05) is 11.6 Å². The zero-order chi connectivity index (χ0) is 16.3. The van der Waals surface area contributed by atoms with E-state index in [0.717, 1.165) is 6.42 Å². The SMILES string of the molecule is [2H]C1([2H])C[C@]2(CO2)[C@@H](C2(C)O[C@@H]2CC=C(C)C)[C@H](OC)C1=O. The van der Waals surface area contributed by atoms with E-state index in [1.54, 1.807) is 0 Å². The molecule has 0 aromatic carbocycles. The van der Waals surface area contributed by atoms with Crippen LogP contribution in [0.25, 0.3) is 0 Å². The lowest BCUT2D eigenvalue weighted by atomic mass is 9.69. The number of allylic oxidation sites excluding steroid dienone is 1. The van der Waals surface area contributed by atoms with Gasteiger partial charge in [-0.25, -0.2) is 0 Å². The van der Waals surface area contributed by atoms with Gasteiger partial charge in [-0.15, -0.1) is 0 Å². The summed E-state index contributed by atoms with van der Waals surface area (Å²) in [6.07, 6.45) is 0.340. The smallest absolute Gasteiger partial charge is 0.162 e. The molecule has 2 heterocycles. The number of methoxy groups -OCH3 is 1. The van der Waals surface area contributed by atoms with E-state index in [9.17, 15) is 4.79 Å². The van der Waals surface area contributed by atoms with Crippen LogP contribution in [0.2, 0.25) is 0 Å². The molecule has 2 aliphatic heterocycles. The largest absolute Gasteiger partial charge is 0.373 e. The number of epoxide rings is 2. The first-order valence-corrected chi connectivity index (χ1v) is 7.18. The van der Waals surface area contributed by atoms with Gasteiger partial charge in [0, 0.05) is 16.2 Å². The Morgan fingerprint density at radius 1 is 1.60 bits per heavy atom. The maximum absolute atomic E-state index is 12.4. The fourth-order valence-corrected chi connectivity index (χ4v) is 3.49. The van der Waals surface area contributed by atoms with Crippen molar-refractivity contribution in [3.8, 4) is 0 Å². The Hall–Kier alpha value is -0.710. The molecule has 20 heavy (non-hydrogen) atoms. The summed E-state index contributed by atoms with van der Waals surface area (Å²) >= 11 is 0. The lowest BCUT2D eigenvalue weighted by Gasteiger charge is -2.37. The molecule has 0 radical (unpaired) electrons. The Kier molecular flexibility index (Phi) is 2.77. The topological polar surface area (TPSA) is 51.4 Å². The molecule has 1 saturated carbocycles. The molecule has 112 valence electrons. The van der Waals surface area contributed by atoms with Gasteiger partial charge in [0.25, 0.3) is 0 Å². The molecule has 1 unspecified atom stereocenters. The minimum atomic E-state index is -1.89. The summed E-state index contributed by atoms with van der Waals surface area (Å²) < 4.78 is 32.9. The molecular formula is C16H24O4. The van der Waals surface area contributed by atoms with Crippen molar-refractivity contribution >= 4 is 5.78 Å². The van der Waals surface area contributed by atoms with Gasteiger partial charge in [-0.05, 0) is 33.6 Å². The Morgan fingerprint density at radius 3 is 2.85 bits per heavy atom. The molecular weight excluding hydrogens is 256 g/mol. The molecule has 3 aliphatic rings. The van der Waals surface area contributed by atoms with E-state index in [0.29, 0.717) is 6.61 Å². The third-order valence-corrected chi connectivity index (χ3v) is 4.79. The third-order valence-electron chi connectivity index (χ3n) is 4.79. The second-order valence-electron chi connectivity index (χ2n) is 6.51. The summed E-state index contributed by atoms with van der Waals surface area (Å²) in [5.74, 6) is -0.740. The van der Waals surface area contributed by atoms with Gasteiger partial charge in [-0.3, -0.25) is 4.79 Å². The summed E-state index contributed by atoms with van der Waals surface area (Å²) in [4.78, 5) is 12.4. The monoisotopic (exact) mass is 282 g/mol. The first-order chi connectivity index (χ1) is 10.2. The van der Waals surface area contributed by atoms with Crippen molar-refractivity contribution in [2.24, 2.45) is 5.92 Å². The second kappa shape index (κ2) is 4.65. The first-order valence-electron chi connectivity index (χ1n) is 8.18. The van der Waals surface area contributed by atoms with Crippen LogP contribution in [0.1, 0.15) is 42.7 Å². The van der Waals surface area contributed by atoms with Gasteiger partial charge < -0.3 is 14.2 Å². The van der Waals surface area contributed by atoms with Gasteiger partial charge >= 0.3 is 0 Å². The quantitative estimate of drug-likeness (QED) is 0.586. The maximum Gasteiger partial charge on any atom is 0.162 e. The number of ether oxygens (including phenoxy) is 3. The molecule has 4 nitrogen and oxygen atoms in total. The standard InChI is InChI=1S/C16H24O4/c1-10(2)5-6-12-15(3,20-12)14-13(18-4)11(17)7-8-16(14)9-19-16/h5,12-14H,6-9H2,1-4H3/t12-,13-,14-,15?,16+/m1/s1/i7D2. The third kappa shape index (κ3) is 2.14. The molecule has 0 amide bonds. The molecule has 3 fully saturated rings. The van der Waals surface area contributed by atoms with Crippen molar-refractivity contribution in [2.45, 2.75) is 63.4 Å². The molecule has 1 spiro atoms. The summed E-state index contributed by atoms with van der Waals surface area (Å²) in [5.41, 5.74) is 0.122. The number of hydrogen-bond acceptors (Lipinski definition) is 4. The van der Waals surface area contributed by atoms with Crippen LogP contribution in [0, 0.1) is 5.92 Å². The lowest BCUT2D eigenvalue weighted by molar-refractivity contribution is -0.142. The van der Waals surface area contributed by atoms with Crippen LogP contribution in [-0.4, -0.2) is 42.9 Å². The number of carbonyl (C=O) groups excluding carboxylic acids is 1. The zero-order valence-corrected chi connectivity index (χ0v) is 12.6. The molecule has 0 N–H and O–H groups in total. The molecule has 2 saturated heterocycles. The summed E-state index contributed by atoms with van der Waals surface area (Å²) in [5, 5.41) is 0. The number of rotatable bonds is 4. The highest BCUT2D eigenvalue weighted by atomic mass is 16.6. The van der Waals surface area contributed by atoms with E-state index in [-0.39, 0.29) is 18.4 Å². The van der Waals surface area contributed by atoms with Gasteiger partial charge in [0.15, 0.2) is 5.78 Å². The number of ketones is 1. The number of Topliss-reactive ketones (excluding diaryl/α,β-unsaturated/α-hetero) is 1. The predicted octanol–water partition coefficient (Wildman–Crippen LogP) is 2.26. The average molecular weight is 282 g/mol. The van der Waals surface area contributed by atoms with Crippen LogP contribution in [0.3, 0.4) is 0 Å². The van der Waals surface area contributed by atoms with Gasteiger partial charge in [-0.2, -0.15) is 0 Å². The minimum absolute atomic E-state index is 0.0305. The van der Waals surface area contributed by atoms with E-state index in [1.807, 2.05) is 20.8 Å². The Morgan fingerprint density at radius 2 is 2.30 bits per heavy atom. The maximum atomic E-state index is 12.4. The van der Waals surface area contributed by atoms with Crippen LogP contribution in [0.15, 0.2) is 11.6 Å². The van der Waals surface area contributed by atoms with E-state index >= 15 is 0 Å². The highest BCUT2D eigenvalue weighted by Crippen LogP contribution is 2.58. The number of carbonyl (C=O) groups is 1. The normalized spacial score (nSPS) is 50.4. The molecule has 0 aromatic heterocycles. The number of hydrogen-bond donors (Lipinski definition) is 0. The molecule has 4 heteroatoms. The molecule has 0 bridgehead atoms. The predicted molar refractivity (Wildman–Crippen MR) is 74.5 cm³/mol.